The lowest BCUT2D eigenvalue weighted by Gasteiger charge is -2.14. The number of rotatable bonds is 9. The molecule has 0 saturated carbocycles. The molecule has 0 fully saturated rings. The highest BCUT2D eigenvalue weighted by Crippen LogP contribution is 2.24. The van der Waals surface area contributed by atoms with Gasteiger partial charge in [0.05, 0.1) is 0 Å². The van der Waals surface area contributed by atoms with Crippen LogP contribution in [0.4, 0.5) is 0 Å². The van der Waals surface area contributed by atoms with Gasteiger partial charge in [-0.2, -0.15) is 0 Å². The van der Waals surface area contributed by atoms with Gasteiger partial charge in [-0.1, -0.05) is 39.7 Å². The van der Waals surface area contributed by atoms with Crippen molar-refractivity contribution in [2.75, 3.05) is 27.2 Å². The molecule has 24 heavy (non-hydrogen) atoms. The molecule has 2 aromatic carbocycles. The first-order valence-electron chi connectivity index (χ1n) is 8.06. The van der Waals surface area contributed by atoms with Gasteiger partial charge in [-0.15, -0.1) is 0 Å². The predicted molar refractivity (Wildman–Crippen MR) is 105 cm³/mol. The largest absolute Gasteiger partial charge is 0.489 e. The number of nitrogens with one attached hydrogen (secondary N) is 1. The lowest BCUT2D eigenvalue weighted by atomic mass is 10.2. The van der Waals surface area contributed by atoms with Gasteiger partial charge in [-0.25, -0.2) is 0 Å². The molecule has 5 heteroatoms. The molecule has 1 N–H and O–H groups in total. The predicted octanol–water partition coefficient (Wildman–Crippen LogP) is 4.72. The van der Waals surface area contributed by atoms with Crippen LogP contribution in [0.1, 0.15) is 17.5 Å². The summed E-state index contributed by atoms with van der Waals surface area (Å²) in [5.74, 6) is 0.910. The lowest BCUT2D eigenvalue weighted by molar-refractivity contribution is 0.302. The van der Waals surface area contributed by atoms with Gasteiger partial charge in [0, 0.05) is 21.6 Å². The monoisotopic (exact) mass is 410 g/mol. The fourth-order valence-electron chi connectivity index (χ4n) is 2.31. The van der Waals surface area contributed by atoms with Crippen LogP contribution in [0, 0.1) is 0 Å². The highest BCUT2D eigenvalue weighted by atomic mass is 79.9. The van der Waals surface area contributed by atoms with Gasteiger partial charge in [-0.3, -0.25) is 0 Å². The molecular formula is C19H24BrClN2O. The fraction of sp³-hybridized carbons (Fsp3) is 0.368. The highest BCUT2D eigenvalue weighted by molar-refractivity contribution is 9.10. The summed E-state index contributed by atoms with van der Waals surface area (Å²) in [5, 5.41) is 4.23. The van der Waals surface area contributed by atoms with Crippen LogP contribution in [0.25, 0.3) is 0 Å². The number of benzene rings is 2. The maximum atomic E-state index is 6.00. The van der Waals surface area contributed by atoms with Crippen LogP contribution in [0.2, 0.25) is 5.02 Å². The van der Waals surface area contributed by atoms with Crippen molar-refractivity contribution in [1.82, 2.24) is 10.2 Å². The molecule has 0 bridgehead atoms. The van der Waals surface area contributed by atoms with Crippen LogP contribution in [0.3, 0.4) is 0 Å². The molecule has 0 aliphatic rings. The van der Waals surface area contributed by atoms with E-state index in [1.165, 1.54) is 0 Å². The average Bonchev–Trinajstić information content (AvgIpc) is 2.55. The lowest BCUT2D eigenvalue weighted by Crippen LogP contribution is -2.21. The number of hydrogen-bond acceptors (Lipinski definition) is 3. The van der Waals surface area contributed by atoms with E-state index >= 15 is 0 Å². The number of nitrogens with zero attached hydrogens (tertiary/aromatic N) is 1. The molecule has 0 aromatic heterocycles. The summed E-state index contributed by atoms with van der Waals surface area (Å²) in [6.07, 6.45) is 1.13. The summed E-state index contributed by atoms with van der Waals surface area (Å²) in [4.78, 5) is 2.20. The molecule has 0 radical (unpaired) electrons. The van der Waals surface area contributed by atoms with Crippen molar-refractivity contribution in [3.63, 3.8) is 0 Å². The Labute approximate surface area is 158 Å². The molecule has 0 unspecified atom stereocenters. The van der Waals surface area contributed by atoms with Crippen molar-refractivity contribution in [2.24, 2.45) is 0 Å². The second-order valence-electron chi connectivity index (χ2n) is 6.00. The molecule has 0 atom stereocenters. The van der Waals surface area contributed by atoms with Gasteiger partial charge in [0.1, 0.15) is 12.4 Å². The molecule has 0 saturated heterocycles. The molecule has 2 aromatic rings. The molecule has 3 nitrogen and oxygen atoms in total. The van der Waals surface area contributed by atoms with E-state index in [2.05, 4.69) is 46.3 Å². The standard InChI is InChI=1S/C19H24BrClN2O/c1-23(2)11-3-10-22-13-16-12-17(20)6-9-19(16)24-14-15-4-7-18(21)8-5-15/h4-9,12,22H,3,10-11,13-14H2,1-2H3. The third kappa shape index (κ3) is 6.81. The number of hydrogen-bond donors (Lipinski definition) is 1. The van der Waals surface area contributed by atoms with Crippen LogP contribution in [-0.4, -0.2) is 32.1 Å². The third-order valence-electron chi connectivity index (χ3n) is 3.60. The van der Waals surface area contributed by atoms with E-state index in [4.69, 9.17) is 16.3 Å². The van der Waals surface area contributed by atoms with Gasteiger partial charge < -0.3 is 15.0 Å². The summed E-state index contributed by atoms with van der Waals surface area (Å²) >= 11 is 9.45. The van der Waals surface area contributed by atoms with Gasteiger partial charge >= 0.3 is 0 Å². The first-order chi connectivity index (χ1) is 11.5. The van der Waals surface area contributed by atoms with Crippen molar-refractivity contribution < 1.29 is 4.74 Å². The molecule has 0 aliphatic heterocycles. The zero-order chi connectivity index (χ0) is 17.4. The minimum absolute atomic E-state index is 0.534. The van der Waals surface area contributed by atoms with Crippen LogP contribution in [-0.2, 0) is 13.2 Å². The first-order valence-corrected chi connectivity index (χ1v) is 9.23. The quantitative estimate of drug-likeness (QED) is 0.604. The van der Waals surface area contributed by atoms with Crippen LogP contribution in [0.15, 0.2) is 46.9 Å². The summed E-state index contributed by atoms with van der Waals surface area (Å²) in [5.41, 5.74) is 2.26. The van der Waals surface area contributed by atoms with Crippen LogP contribution < -0.4 is 10.1 Å². The summed E-state index contributed by atoms with van der Waals surface area (Å²) in [6, 6.07) is 13.9. The average molecular weight is 412 g/mol. The van der Waals surface area contributed by atoms with E-state index in [1.54, 1.807) is 0 Å². The van der Waals surface area contributed by atoms with Gasteiger partial charge in [0.25, 0.3) is 0 Å². The minimum atomic E-state index is 0.534. The van der Waals surface area contributed by atoms with E-state index in [-0.39, 0.29) is 0 Å². The van der Waals surface area contributed by atoms with Crippen molar-refractivity contribution in [3.8, 4) is 5.75 Å². The first kappa shape index (κ1) is 19.3. The Morgan fingerprint density at radius 1 is 1.12 bits per heavy atom. The SMILES string of the molecule is CN(C)CCCNCc1cc(Br)ccc1OCc1ccc(Cl)cc1. The Balaban J connectivity index is 1.90. The molecule has 0 heterocycles. The zero-order valence-corrected chi connectivity index (χ0v) is 16.5. The number of ether oxygens (including phenoxy) is 1. The van der Waals surface area contributed by atoms with E-state index in [9.17, 15) is 0 Å². The molecule has 130 valence electrons. The summed E-state index contributed by atoms with van der Waals surface area (Å²) in [6.45, 7) is 3.40. The Morgan fingerprint density at radius 3 is 2.58 bits per heavy atom. The van der Waals surface area contributed by atoms with Crippen molar-refractivity contribution in [2.45, 2.75) is 19.6 Å². The second kappa shape index (κ2) is 10.0. The fourth-order valence-corrected chi connectivity index (χ4v) is 2.85. The van der Waals surface area contributed by atoms with E-state index in [1.807, 2.05) is 36.4 Å². The zero-order valence-electron chi connectivity index (χ0n) is 14.2. The van der Waals surface area contributed by atoms with E-state index in [0.29, 0.717) is 6.61 Å². The Hall–Kier alpha value is -1.07. The summed E-state index contributed by atoms with van der Waals surface area (Å²) < 4.78 is 7.06. The third-order valence-corrected chi connectivity index (χ3v) is 4.35. The van der Waals surface area contributed by atoms with Crippen molar-refractivity contribution in [3.05, 3.63) is 63.1 Å². The van der Waals surface area contributed by atoms with E-state index in [0.717, 1.165) is 52.4 Å². The van der Waals surface area contributed by atoms with Gasteiger partial charge in [-0.05, 0) is 69.5 Å². The van der Waals surface area contributed by atoms with Crippen molar-refractivity contribution >= 4 is 27.5 Å². The molecular weight excluding hydrogens is 388 g/mol. The Bertz CT molecular complexity index is 632. The Kier molecular flexibility index (Phi) is 8.06. The topological polar surface area (TPSA) is 24.5 Å². The van der Waals surface area contributed by atoms with Gasteiger partial charge in [0.2, 0.25) is 0 Å². The smallest absolute Gasteiger partial charge is 0.124 e. The maximum Gasteiger partial charge on any atom is 0.124 e. The molecule has 0 aliphatic carbocycles. The Morgan fingerprint density at radius 2 is 1.88 bits per heavy atom. The van der Waals surface area contributed by atoms with Gasteiger partial charge in [0.15, 0.2) is 0 Å². The normalized spacial score (nSPS) is 11.0. The minimum Gasteiger partial charge on any atom is -0.489 e. The van der Waals surface area contributed by atoms with Crippen LogP contribution in [0.5, 0.6) is 5.75 Å². The summed E-state index contributed by atoms with van der Waals surface area (Å²) in [7, 11) is 4.19. The maximum absolute atomic E-state index is 6.00. The number of halogens is 2. The highest BCUT2D eigenvalue weighted by Gasteiger charge is 2.05. The van der Waals surface area contributed by atoms with Crippen molar-refractivity contribution in [1.29, 1.82) is 0 Å². The second-order valence-corrected chi connectivity index (χ2v) is 7.35. The molecule has 0 amide bonds. The molecule has 2 rings (SSSR count). The van der Waals surface area contributed by atoms with E-state index < -0.39 is 0 Å². The molecule has 0 spiro atoms. The van der Waals surface area contributed by atoms with Crippen LogP contribution >= 0.6 is 27.5 Å².